The first-order valence-electron chi connectivity index (χ1n) is 6.10. The van der Waals surface area contributed by atoms with Gasteiger partial charge in [0.1, 0.15) is 5.75 Å². The first-order chi connectivity index (χ1) is 8.46. The van der Waals surface area contributed by atoms with Gasteiger partial charge in [-0.3, -0.25) is 0 Å². The van der Waals surface area contributed by atoms with E-state index >= 15 is 0 Å². The van der Waals surface area contributed by atoms with E-state index in [1.54, 1.807) is 31.4 Å². The number of ether oxygens (including phenoxy) is 1. The van der Waals surface area contributed by atoms with Crippen molar-refractivity contribution in [3.63, 3.8) is 0 Å². The third-order valence-corrected chi connectivity index (χ3v) is 6.22. The SMILES string of the molecule is COc1ccc(S(=O)(=O)C2CCC(N)C2C)cc1. The van der Waals surface area contributed by atoms with E-state index in [-0.39, 0.29) is 17.2 Å². The van der Waals surface area contributed by atoms with Gasteiger partial charge in [0.2, 0.25) is 0 Å². The fourth-order valence-electron chi connectivity index (χ4n) is 2.54. The van der Waals surface area contributed by atoms with Crippen LogP contribution in [0.2, 0.25) is 0 Å². The Labute approximate surface area is 108 Å². The molecule has 1 aliphatic carbocycles. The van der Waals surface area contributed by atoms with Crippen LogP contribution in [0.25, 0.3) is 0 Å². The van der Waals surface area contributed by atoms with Crippen LogP contribution >= 0.6 is 0 Å². The molecular formula is C13H19NO3S. The summed E-state index contributed by atoms with van der Waals surface area (Å²) in [5.74, 6) is 0.669. The van der Waals surface area contributed by atoms with Crippen LogP contribution in [0.1, 0.15) is 19.8 Å². The number of hydrogen-bond donors (Lipinski definition) is 1. The van der Waals surface area contributed by atoms with E-state index in [0.29, 0.717) is 17.1 Å². The van der Waals surface area contributed by atoms with E-state index in [1.807, 2.05) is 6.92 Å². The van der Waals surface area contributed by atoms with Gasteiger partial charge in [0.15, 0.2) is 9.84 Å². The van der Waals surface area contributed by atoms with E-state index in [1.165, 1.54) is 0 Å². The maximum Gasteiger partial charge on any atom is 0.181 e. The molecule has 3 unspecified atom stereocenters. The number of nitrogens with two attached hydrogens (primary N) is 1. The van der Waals surface area contributed by atoms with Crippen molar-refractivity contribution in [2.45, 2.75) is 36.0 Å². The highest BCUT2D eigenvalue weighted by Gasteiger charge is 2.39. The lowest BCUT2D eigenvalue weighted by atomic mass is 10.1. The van der Waals surface area contributed by atoms with Gasteiger partial charge in [0.25, 0.3) is 0 Å². The lowest BCUT2D eigenvalue weighted by Crippen LogP contribution is -2.32. The minimum Gasteiger partial charge on any atom is -0.497 e. The monoisotopic (exact) mass is 269 g/mol. The Morgan fingerprint density at radius 3 is 2.28 bits per heavy atom. The predicted octanol–water partition coefficient (Wildman–Crippen LogP) is 1.59. The molecule has 0 saturated heterocycles. The van der Waals surface area contributed by atoms with Crippen molar-refractivity contribution in [3.8, 4) is 5.75 Å². The second-order valence-corrected chi connectivity index (χ2v) is 7.03. The zero-order valence-electron chi connectivity index (χ0n) is 10.7. The maximum atomic E-state index is 12.5. The summed E-state index contributed by atoms with van der Waals surface area (Å²) in [5, 5.41) is -0.360. The highest BCUT2D eigenvalue weighted by molar-refractivity contribution is 7.92. The van der Waals surface area contributed by atoms with Gasteiger partial charge in [-0.1, -0.05) is 6.92 Å². The third kappa shape index (κ3) is 2.24. The molecule has 0 aliphatic heterocycles. The van der Waals surface area contributed by atoms with Crippen molar-refractivity contribution in [1.29, 1.82) is 0 Å². The quantitative estimate of drug-likeness (QED) is 0.904. The smallest absolute Gasteiger partial charge is 0.181 e. The number of methoxy groups -OCH3 is 1. The highest BCUT2D eigenvalue weighted by Crippen LogP contribution is 2.34. The minimum absolute atomic E-state index is 0.0111. The van der Waals surface area contributed by atoms with Crippen LogP contribution in [0.4, 0.5) is 0 Å². The Kier molecular flexibility index (Phi) is 3.64. The highest BCUT2D eigenvalue weighted by atomic mass is 32.2. The molecule has 18 heavy (non-hydrogen) atoms. The summed E-state index contributed by atoms with van der Waals surface area (Å²) >= 11 is 0. The average molecular weight is 269 g/mol. The summed E-state index contributed by atoms with van der Waals surface area (Å²) in [6.07, 6.45) is 1.43. The summed E-state index contributed by atoms with van der Waals surface area (Å²) in [4.78, 5) is 0.356. The van der Waals surface area contributed by atoms with Crippen LogP contribution in [0.5, 0.6) is 5.75 Å². The van der Waals surface area contributed by atoms with Crippen LogP contribution in [0, 0.1) is 5.92 Å². The van der Waals surface area contributed by atoms with Gasteiger partial charge in [-0.05, 0) is 43.0 Å². The molecule has 1 aromatic carbocycles. The van der Waals surface area contributed by atoms with Gasteiger partial charge in [0, 0.05) is 6.04 Å². The molecule has 0 radical (unpaired) electrons. The van der Waals surface area contributed by atoms with Crippen LogP contribution in [-0.4, -0.2) is 26.8 Å². The molecule has 4 nitrogen and oxygen atoms in total. The molecular weight excluding hydrogens is 250 g/mol. The number of sulfone groups is 1. The van der Waals surface area contributed by atoms with Crippen LogP contribution in [-0.2, 0) is 9.84 Å². The van der Waals surface area contributed by atoms with Gasteiger partial charge < -0.3 is 10.5 Å². The second kappa shape index (κ2) is 4.90. The summed E-state index contributed by atoms with van der Waals surface area (Å²) in [5.41, 5.74) is 5.90. The lowest BCUT2D eigenvalue weighted by Gasteiger charge is -2.18. The zero-order chi connectivity index (χ0) is 13.3. The fourth-order valence-corrected chi connectivity index (χ4v) is 4.61. The van der Waals surface area contributed by atoms with E-state index in [2.05, 4.69) is 0 Å². The van der Waals surface area contributed by atoms with Crippen molar-refractivity contribution < 1.29 is 13.2 Å². The molecule has 0 bridgehead atoms. The van der Waals surface area contributed by atoms with Crippen molar-refractivity contribution in [3.05, 3.63) is 24.3 Å². The molecule has 1 saturated carbocycles. The summed E-state index contributed by atoms with van der Waals surface area (Å²) < 4.78 is 30.0. The molecule has 5 heteroatoms. The minimum atomic E-state index is -3.28. The Balaban J connectivity index is 2.30. The molecule has 0 heterocycles. The molecule has 2 N–H and O–H groups in total. The van der Waals surface area contributed by atoms with Crippen molar-refractivity contribution in [1.82, 2.24) is 0 Å². The first-order valence-corrected chi connectivity index (χ1v) is 7.65. The zero-order valence-corrected chi connectivity index (χ0v) is 11.5. The molecule has 0 spiro atoms. The standard InChI is InChI=1S/C13H19NO3S/c1-9-12(14)7-8-13(9)18(15,16)11-5-3-10(17-2)4-6-11/h3-6,9,12-13H,7-8,14H2,1-2H3. The predicted molar refractivity (Wildman–Crippen MR) is 70.3 cm³/mol. The third-order valence-electron chi connectivity index (χ3n) is 3.83. The largest absolute Gasteiger partial charge is 0.497 e. The topological polar surface area (TPSA) is 69.4 Å². The Bertz CT molecular complexity index is 510. The first kappa shape index (κ1) is 13.4. The van der Waals surface area contributed by atoms with E-state index in [0.717, 1.165) is 6.42 Å². The van der Waals surface area contributed by atoms with Gasteiger partial charge in [-0.25, -0.2) is 8.42 Å². The molecule has 0 amide bonds. The molecule has 100 valence electrons. The summed E-state index contributed by atoms with van der Waals surface area (Å²) in [6, 6.07) is 6.54. The van der Waals surface area contributed by atoms with E-state index in [9.17, 15) is 8.42 Å². The number of hydrogen-bond acceptors (Lipinski definition) is 4. The molecule has 0 aromatic heterocycles. The Morgan fingerprint density at radius 1 is 1.22 bits per heavy atom. The molecule has 1 aromatic rings. The van der Waals surface area contributed by atoms with Crippen LogP contribution in [0.15, 0.2) is 29.2 Å². The van der Waals surface area contributed by atoms with Crippen LogP contribution < -0.4 is 10.5 Å². The van der Waals surface area contributed by atoms with Gasteiger partial charge >= 0.3 is 0 Å². The molecule has 1 aliphatic rings. The summed E-state index contributed by atoms with van der Waals surface area (Å²) in [6.45, 7) is 1.92. The lowest BCUT2D eigenvalue weighted by molar-refractivity contribution is 0.414. The molecule has 2 rings (SSSR count). The van der Waals surface area contributed by atoms with Gasteiger partial charge in [-0.2, -0.15) is 0 Å². The second-order valence-electron chi connectivity index (χ2n) is 4.86. The number of benzene rings is 1. The van der Waals surface area contributed by atoms with Crippen LogP contribution in [0.3, 0.4) is 0 Å². The molecule has 1 fully saturated rings. The maximum absolute atomic E-state index is 12.5. The van der Waals surface area contributed by atoms with Crippen molar-refractivity contribution in [2.75, 3.05) is 7.11 Å². The Hall–Kier alpha value is -1.07. The van der Waals surface area contributed by atoms with E-state index < -0.39 is 9.84 Å². The number of rotatable bonds is 3. The summed E-state index contributed by atoms with van der Waals surface area (Å²) in [7, 11) is -1.72. The van der Waals surface area contributed by atoms with Crippen molar-refractivity contribution >= 4 is 9.84 Å². The van der Waals surface area contributed by atoms with Gasteiger partial charge in [0.05, 0.1) is 17.3 Å². The van der Waals surface area contributed by atoms with Crippen molar-refractivity contribution in [2.24, 2.45) is 11.7 Å². The molecule has 3 atom stereocenters. The average Bonchev–Trinajstić information content (AvgIpc) is 2.70. The van der Waals surface area contributed by atoms with Gasteiger partial charge in [-0.15, -0.1) is 0 Å². The fraction of sp³-hybridized carbons (Fsp3) is 0.538. The normalized spacial score (nSPS) is 28.3. The Morgan fingerprint density at radius 2 is 1.83 bits per heavy atom. The van der Waals surface area contributed by atoms with E-state index in [4.69, 9.17) is 10.5 Å².